The van der Waals surface area contributed by atoms with E-state index in [1.165, 1.54) is 4.90 Å². The summed E-state index contributed by atoms with van der Waals surface area (Å²) < 4.78 is 5.55. The molecule has 6 nitrogen and oxygen atoms in total. The van der Waals surface area contributed by atoms with E-state index in [-0.39, 0.29) is 16.7 Å². The number of ether oxygens (including phenoxy) is 1. The second kappa shape index (κ2) is 9.37. The first-order valence-electron chi connectivity index (χ1n) is 11.7. The van der Waals surface area contributed by atoms with Crippen molar-refractivity contribution in [2.45, 2.75) is 46.1 Å². The molecule has 4 rings (SSSR count). The summed E-state index contributed by atoms with van der Waals surface area (Å²) in [5.74, 6) is -0.663. The molecule has 1 aliphatic heterocycles. The monoisotopic (exact) mass is 470 g/mol. The summed E-state index contributed by atoms with van der Waals surface area (Å²) in [5, 5.41) is 11.4. The summed E-state index contributed by atoms with van der Waals surface area (Å²) in [6.45, 7) is 10.6. The van der Waals surface area contributed by atoms with Crippen molar-refractivity contribution >= 4 is 23.3 Å². The van der Waals surface area contributed by atoms with Gasteiger partial charge in [-0.1, -0.05) is 51.1 Å². The van der Waals surface area contributed by atoms with Gasteiger partial charge in [0.2, 0.25) is 0 Å². The number of carbonyl (C=O) groups excluding carboxylic acids is 2. The van der Waals surface area contributed by atoms with Crippen LogP contribution in [0.2, 0.25) is 0 Å². The SMILES string of the molecule is CCOc1ccc(C(O)=C2C(=O)C(=O)N(c3ccccn3)[C@@H]2c2ccc(C(C)(C)C)cc2)c(C)c1. The molecule has 1 saturated heterocycles. The number of carbonyl (C=O) groups is 2. The molecule has 0 saturated carbocycles. The van der Waals surface area contributed by atoms with Crippen LogP contribution >= 0.6 is 0 Å². The van der Waals surface area contributed by atoms with Gasteiger partial charge in [0.05, 0.1) is 18.2 Å². The number of pyridine rings is 1. The van der Waals surface area contributed by atoms with Gasteiger partial charge in [0.25, 0.3) is 5.78 Å². The van der Waals surface area contributed by atoms with Crippen LogP contribution in [0.5, 0.6) is 5.75 Å². The lowest BCUT2D eigenvalue weighted by Gasteiger charge is -2.26. The number of anilines is 1. The first-order valence-corrected chi connectivity index (χ1v) is 11.7. The van der Waals surface area contributed by atoms with Gasteiger partial charge in [0, 0.05) is 11.8 Å². The van der Waals surface area contributed by atoms with Gasteiger partial charge in [-0.3, -0.25) is 14.5 Å². The van der Waals surface area contributed by atoms with Crippen molar-refractivity contribution in [1.82, 2.24) is 4.98 Å². The number of ketones is 1. The van der Waals surface area contributed by atoms with Gasteiger partial charge >= 0.3 is 5.91 Å². The Kier molecular flexibility index (Phi) is 6.48. The number of rotatable bonds is 5. The molecule has 180 valence electrons. The normalized spacial score (nSPS) is 17.6. The van der Waals surface area contributed by atoms with E-state index in [9.17, 15) is 14.7 Å². The highest BCUT2D eigenvalue weighted by Gasteiger charge is 2.47. The number of benzene rings is 2. The lowest BCUT2D eigenvalue weighted by molar-refractivity contribution is -0.132. The highest BCUT2D eigenvalue weighted by Crippen LogP contribution is 2.42. The number of aliphatic hydroxyl groups excluding tert-OH is 1. The van der Waals surface area contributed by atoms with Gasteiger partial charge < -0.3 is 9.84 Å². The molecule has 0 aliphatic carbocycles. The smallest absolute Gasteiger partial charge is 0.301 e. The van der Waals surface area contributed by atoms with E-state index in [0.29, 0.717) is 29.3 Å². The summed E-state index contributed by atoms with van der Waals surface area (Å²) in [6, 6.07) is 17.4. The molecule has 1 aliphatic rings. The van der Waals surface area contributed by atoms with Gasteiger partial charge in [-0.25, -0.2) is 4.98 Å². The fraction of sp³-hybridized carbons (Fsp3) is 0.276. The van der Waals surface area contributed by atoms with E-state index in [2.05, 4.69) is 25.8 Å². The van der Waals surface area contributed by atoms with Crippen molar-refractivity contribution < 1.29 is 19.4 Å². The van der Waals surface area contributed by atoms with Gasteiger partial charge in [0.1, 0.15) is 17.3 Å². The Morgan fingerprint density at radius 3 is 2.34 bits per heavy atom. The summed E-state index contributed by atoms with van der Waals surface area (Å²) in [7, 11) is 0. The largest absolute Gasteiger partial charge is 0.507 e. The molecule has 0 spiro atoms. The number of aromatic nitrogens is 1. The van der Waals surface area contributed by atoms with Gasteiger partial charge in [-0.2, -0.15) is 0 Å². The predicted octanol–water partition coefficient (Wildman–Crippen LogP) is 5.71. The number of Topliss-reactive ketones (excluding diaryl/α,β-unsaturated/α-hetero) is 1. The van der Waals surface area contributed by atoms with E-state index in [0.717, 1.165) is 11.1 Å². The molecular weight excluding hydrogens is 440 g/mol. The van der Waals surface area contributed by atoms with Crippen LogP contribution in [-0.2, 0) is 15.0 Å². The highest BCUT2D eigenvalue weighted by molar-refractivity contribution is 6.51. The maximum absolute atomic E-state index is 13.3. The van der Waals surface area contributed by atoms with E-state index < -0.39 is 17.7 Å². The number of amides is 1. The average molecular weight is 471 g/mol. The quantitative estimate of drug-likeness (QED) is 0.293. The number of aryl methyl sites for hydroxylation is 1. The molecule has 3 aromatic rings. The van der Waals surface area contributed by atoms with Crippen molar-refractivity contribution in [3.63, 3.8) is 0 Å². The van der Waals surface area contributed by atoms with Crippen LogP contribution < -0.4 is 9.64 Å². The van der Waals surface area contributed by atoms with E-state index >= 15 is 0 Å². The summed E-state index contributed by atoms with van der Waals surface area (Å²) in [5.41, 5.74) is 3.03. The van der Waals surface area contributed by atoms with Crippen LogP contribution in [0.15, 0.2) is 72.4 Å². The molecule has 0 unspecified atom stereocenters. The number of hydrogen-bond acceptors (Lipinski definition) is 5. The minimum absolute atomic E-state index is 0.0384. The van der Waals surface area contributed by atoms with Crippen LogP contribution in [0.25, 0.3) is 5.76 Å². The first-order chi connectivity index (χ1) is 16.6. The Hall–Kier alpha value is -3.93. The van der Waals surface area contributed by atoms with Crippen molar-refractivity contribution in [2.75, 3.05) is 11.5 Å². The Labute approximate surface area is 205 Å². The Morgan fingerprint density at radius 1 is 1.06 bits per heavy atom. The maximum atomic E-state index is 13.3. The summed E-state index contributed by atoms with van der Waals surface area (Å²) in [4.78, 5) is 32.3. The van der Waals surface area contributed by atoms with Crippen molar-refractivity contribution in [1.29, 1.82) is 0 Å². The Bertz CT molecular complexity index is 1290. The average Bonchev–Trinajstić information content (AvgIpc) is 3.09. The molecule has 1 atom stereocenters. The molecule has 1 aromatic heterocycles. The van der Waals surface area contributed by atoms with Gasteiger partial charge in [-0.05, 0) is 66.3 Å². The molecule has 0 radical (unpaired) electrons. The summed E-state index contributed by atoms with van der Waals surface area (Å²) >= 11 is 0. The second-order valence-corrected chi connectivity index (χ2v) is 9.64. The molecule has 6 heteroatoms. The molecule has 1 amide bonds. The topological polar surface area (TPSA) is 79.7 Å². The molecule has 1 fully saturated rings. The van der Waals surface area contributed by atoms with E-state index in [1.807, 2.05) is 38.1 Å². The molecule has 1 N–H and O–H groups in total. The van der Waals surface area contributed by atoms with Crippen molar-refractivity contribution in [3.05, 3.63) is 94.7 Å². The first kappa shape index (κ1) is 24.2. The molecule has 35 heavy (non-hydrogen) atoms. The second-order valence-electron chi connectivity index (χ2n) is 9.64. The Balaban J connectivity index is 1.91. The maximum Gasteiger partial charge on any atom is 0.301 e. The molecule has 2 heterocycles. The zero-order valence-electron chi connectivity index (χ0n) is 20.7. The van der Waals surface area contributed by atoms with Crippen LogP contribution in [-0.4, -0.2) is 28.4 Å². The Morgan fingerprint density at radius 2 is 1.77 bits per heavy atom. The van der Waals surface area contributed by atoms with Crippen LogP contribution in [0.3, 0.4) is 0 Å². The highest BCUT2D eigenvalue weighted by atomic mass is 16.5. The standard InChI is InChI=1S/C29H30N2O4/c1-6-35-21-14-15-22(18(2)17-21)26(32)24-25(19-10-12-20(13-11-19)29(3,4)5)31(28(34)27(24)33)23-9-7-8-16-30-23/h7-17,25,32H,6H2,1-5H3/t25-/m1/s1. The predicted molar refractivity (Wildman–Crippen MR) is 137 cm³/mol. The number of aliphatic hydroxyl groups is 1. The van der Waals surface area contributed by atoms with E-state index in [4.69, 9.17) is 4.74 Å². The van der Waals surface area contributed by atoms with Crippen LogP contribution in [0.1, 0.15) is 56.0 Å². The molecular formula is C29H30N2O4. The molecule has 2 aromatic carbocycles. The van der Waals surface area contributed by atoms with E-state index in [1.54, 1.807) is 42.6 Å². The fourth-order valence-electron chi connectivity index (χ4n) is 4.35. The van der Waals surface area contributed by atoms with Gasteiger partial charge in [0.15, 0.2) is 0 Å². The third-order valence-electron chi connectivity index (χ3n) is 6.20. The fourth-order valence-corrected chi connectivity index (χ4v) is 4.35. The van der Waals surface area contributed by atoms with Crippen molar-refractivity contribution in [3.8, 4) is 5.75 Å². The third-order valence-corrected chi connectivity index (χ3v) is 6.20. The zero-order valence-corrected chi connectivity index (χ0v) is 20.7. The molecule has 0 bridgehead atoms. The zero-order chi connectivity index (χ0) is 25.3. The summed E-state index contributed by atoms with van der Waals surface area (Å²) in [6.07, 6.45) is 1.57. The minimum atomic E-state index is -0.815. The lowest BCUT2D eigenvalue weighted by Crippen LogP contribution is -2.30. The lowest BCUT2D eigenvalue weighted by atomic mass is 9.85. The van der Waals surface area contributed by atoms with Crippen molar-refractivity contribution in [2.24, 2.45) is 0 Å². The number of hydrogen-bond donors (Lipinski definition) is 1. The minimum Gasteiger partial charge on any atom is -0.507 e. The third kappa shape index (κ3) is 4.56. The van der Waals surface area contributed by atoms with Crippen LogP contribution in [0.4, 0.5) is 5.82 Å². The number of nitrogens with zero attached hydrogens (tertiary/aromatic N) is 2. The van der Waals surface area contributed by atoms with Crippen LogP contribution in [0, 0.1) is 6.92 Å². The van der Waals surface area contributed by atoms with Gasteiger partial charge in [-0.15, -0.1) is 0 Å².